The van der Waals surface area contributed by atoms with Gasteiger partial charge < -0.3 is 14.6 Å². The number of aromatic carboxylic acids is 1. The molecule has 0 saturated carbocycles. The molecule has 19 heavy (non-hydrogen) atoms. The van der Waals surface area contributed by atoms with Crippen LogP contribution in [0.4, 0.5) is 0 Å². The Labute approximate surface area is 114 Å². The second kappa shape index (κ2) is 8.53. The second-order valence-corrected chi connectivity index (χ2v) is 4.45. The molecule has 0 saturated heterocycles. The Morgan fingerprint density at radius 3 is 2.68 bits per heavy atom. The molecule has 0 bridgehead atoms. The number of hydrogen-bond donors (Lipinski definition) is 1. The van der Waals surface area contributed by atoms with E-state index in [1.165, 1.54) is 26.4 Å². The monoisotopic (exact) mass is 266 g/mol. The summed E-state index contributed by atoms with van der Waals surface area (Å²) in [4.78, 5) is 11.1. The van der Waals surface area contributed by atoms with Gasteiger partial charge in [-0.05, 0) is 24.1 Å². The van der Waals surface area contributed by atoms with Crippen LogP contribution in [0.3, 0.4) is 0 Å². The minimum atomic E-state index is -0.985. The minimum absolute atomic E-state index is 0.176. The van der Waals surface area contributed by atoms with Crippen LogP contribution >= 0.6 is 0 Å². The van der Waals surface area contributed by atoms with Crippen molar-refractivity contribution in [3.05, 3.63) is 29.3 Å². The number of methoxy groups -OCH3 is 1. The van der Waals surface area contributed by atoms with E-state index < -0.39 is 5.97 Å². The molecular formula is C15H22O4. The summed E-state index contributed by atoms with van der Waals surface area (Å²) in [5, 5.41) is 9.07. The van der Waals surface area contributed by atoms with Gasteiger partial charge in [-0.15, -0.1) is 0 Å². The molecular weight excluding hydrogens is 244 g/mol. The summed E-state index contributed by atoms with van der Waals surface area (Å²) in [6.07, 6.45) is 4.67. The molecule has 0 heterocycles. The summed E-state index contributed by atoms with van der Waals surface area (Å²) in [5.74, 6) is -0.610. The van der Waals surface area contributed by atoms with Gasteiger partial charge in [0, 0.05) is 6.61 Å². The first-order valence-electron chi connectivity index (χ1n) is 6.67. The molecule has 1 aromatic carbocycles. The van der Waals surface area contributed by atoms with Crippen molar-refractivity contribution in [3.8, 4) is 5.75 Å². The lowest BCUT2D eigenvalue weighted by Crippen LogP contribution is -2.03. The Balaban J connectivity index is 2.46. The highest BCUT2D eigenvalue weighted by molar-refractivity contribution is 5.91. The molecule has 0 aliphatic carbocycles. The summed E-state index contributed by atoms with van der Waals surface area (Å²) in [7, 11) is 1.46. The topological polar surface area (TPSA) is 55.8 Å². The Bertz CT molecular complexity index is 401. The van der Waals surface area contributed by atoms with Crippen molar-refractivity contribution in [1.29, 1.82) is 0 Å². The zero-order valence-corrected chi connectivity index (χ0v) is 11.6. The van der Waals surface area contributed by atoms with Crippen LogP contribution in [0.25, 0.3) is 0 Å². The Morgan fingerprint density at radius 2 is 2.05 bits per heavy atom. The maximum atomic E-state index is 11.1. The van der Waals surface area contributed by atoms with E-state index in [1.807, 2.05) is 6.07 Å². The summed E-state index contributed by atoms with van der Waals surface area (Å²) in [6.45, 7) is 3.33. The van der Waals surface area contributed by atoms with Crippen LogP contribution < -0.4 is 4.74 Å². The summed E-state index contributed by atoms with van der Waals surface area (Å²) < 4.78 is 10.6. The fourth-order valence-corrected chi connectivity index (χ4v) is 1.83. The van der Waals surface area contributed by atoms with E-state index in [-0.39, 0.29) is 5.56 Å². The SMILES string of the molecule is CCCCCCOCc1ccc(OC)c(C(=O)O)c1. The maximum Gasteiger partial charge on any atom is 0.339 e. The van der Waals surface area contributed by atoms with E-state index in [1.54, 1.807) is 12.1 Å². The first-order valence-corrected chi connectivity index (χ1v) is 6.67. The molecule has 0 aromatic heterocycles. The van der Waals surface area contributed by atoms with E-state index in [0.29, 0.717) is 19.0 Å². The van der Waals surface area contributed by atoms with E-state index in [9.17, 15) is 4.79 Å². The molecule has 1 N–H and O–H groups in total. The number of carboxylic acid groups (broad SMARTS) is 1. The average Bonchev–Trinajstić information content (AvgIpc) is 2.42. The number of hydrogen-bond acceptors (Lipinski definition) is 3. The predicted molar refractivity (Wildman–Crippen MR) is 73.8 cm³/mol. The average molecular weight is 266 g/mol. The lowest BCUT2D eigenvalue weighted by atomic mass is 10.1. The zero-order chi connectivity index (χ0) is 14.1. The van der Waals surface area contributed by atoms with Crippen LogP contribution in [0.15, 0.2) is 18.2 Å². The quantitative estimate of drug-likeness (QED) is 0.695. The molecule has 1 aromatic rings. The van der Waals surface area contributed by atoms with E-state index in [2.05, 4.69) is 6.92 Å². The van der Waals surface area contributed by atoms with Gasteiger partial charge in [0.15, 0.2) is 0 Å². The maximum absolute atomic E-state index is 11.1. The van der Waals surface area contributed by atoms with Crippen LogP contribution in [0.2, 0.25) is 0 Å². The third-order valence-corrected chi connectivity index (χ3v) is 2.91. The highest BCUT2D eigenvalue weighted by atomic mass is 16.5. The molecule has 4 heteroatoms. The molecule has 0 fully saturated rings. The highest BCUT2D eigenvalue weighted by Crippen LogP contribution is 2.20. The lowest BCUT2D eigenvalue weighted by molar-refractivity contribution is 0.0692. The molecule has 0 atom stereocenters. The largest absolute Gasteiger partial charge is 0.496 e. The Morgan fingerprint density at radius 1 is 1.26 bits per heavy atom. The summed E-state index contributed by atoms with van der Waals surface area (Å²) in [6, 6.07) is 5.10. The summed E-state index contributed by atoms with van der Waals surface area (Å²) >= 11 is 0. The Hall–Kier alpha value is -1.55. The molecule has 0 amide bonds. The molecule has 1 rings (SSSR count). The molecule has 0 unspecified atom stereocenters. The normalized spacial score (nSPS) is 10.4. The van der Waals surface area contributed by atoms with Crippen molar-refractivity contribution < 1.29 is 19.4 Å². The second-order valence-electron chi connectivity index (χ2n) is 4.45. The Kier molecular flexibility index (Phi) is 6.97. The zero-order valence-electron chi connectivity index (χ0n) is 11.6. The lowest BCUT2D eigenvalue weighted by Gasteiger charge is -2.08. The van der Waals surface area contributed by atoms with Gasteiger partial charge in [0.2, 0.25) is 0 Å². The fraction of sp³-hybridized carbons (Fsp3) is 0.533. The first-order chi connectivity index (χ1) is 9.19. The van der Waals surface area contributed by atoms with E-state index in [4.69, 9.17) is 14.6 Å². The van der Waals surface area contributed by atoms with Gasteiger partial charge in [0.05, 0.1) is 13.7 Å². The molecule has 4 nitrogen and oxygen atoms in total. The van der Waals surface area contributed by atoms with Crippen LogP contribution in [0.5, 0.6) is 5.75 Å². The standard InChI is InChI=1S/C15H22O4/c1-3-4-5-6-9-19-11-12-7-8-14(18-2)13(10-12)15(16)17/h7-8,10H,3-6,9,11H2,1-2H3,(H,16,17). The van der Waals surface area contributed by atoms with Crippen molar-refractivity contribution in [2.75, 3.05) is 13.7 Å². The minimum Gasteiger partial charge on any atom is -0.496 e. The number of rotatable bonds is 9. The fourth-order valence-electron chi connectivity index (χ4n) is 1.83. The van der Waals surface area contributed by atoms with Gasteiger partial charge in [0.25, 0.3) is 0 Å². The molecule has 0 aliphatic heterocycles. The van der Waals surface area contributed by atoms with Crippen LogP contribution in [0.1, 0.15) is 48.5 Å². The van der Waals surface area contributed by atoms with Crippen molar-refractivity contribution in [2.45, 2.75) is 39.2 Å². The van der Waals surface area contributed by atoms with Crippen molar-refractivity contribution in [3.63, 3.8) is 0 Å². The van der Waals surface area contributed by atoms with Crippen LogP contribution in [-0.2, 0) is 11.3 Å². The first kappa shape index (κ1) is 15.5. The van der Waals surface area contributed by atoms with Crippen molar-refractivity contribution in [1.82, 2.24) is 0 Å². The predicted octanol–water partition coefficient (Wildman–Crippen LogP) is 3.49. The van der Waals surface area contributed by atoms with Crippen LogP contribution in [-0.4, -0.2) is 24.8 Å². The number of ether oxygens (including phenoxy) is 2. The van der Waals surface area contributed by atoms with Gasteiger partial charge in [0.1, 0.15) is 11.3 Å². The van der Waals surface area contributed by atoms with Crippen molar-refractivity contribution in [2.24, 2.45) is 0 Å². The number of carboxylic acids is 1. The highest BCUT2D eigenvalue weighted by Gasteiger charge is 2.11. The smallest absolute Gasteiger partial charge is 0.339 e. The number of benzene rings is 1. The van der Waals surface area contributed by atoms with Gasteiger partial charge in [-0.2, -0.15) is 0 Å². The van der Waals surface area contributed by atoms with E-state index in [0.717, 1.165) is 12.0 Å². The van der Waals surface area contributed by atoms with Gasteiger partial charge in [-0.3, -0.25) is 0 Å². The number of carbonyl (C=O) groups is 1. The molecule has 0 spiro atoms. The van der Waals surface area contributed by atoms with Crippen molar-refractivity contribution >= 4 is 5.97 Å². The third-order valence-electron chi connectivity index (χ3n) is 2.91. The van der Waals surface area contributed by atoms with Gasteiger partial charge >= 0.3 is 5.97 Å². The molecule has 0 aliphatic rings. The third kappa shape index (κ3) is 5.30. The van der Waals surface area contributed by atoms with Gasteiger partial charge in [-0.1, -0.05) is 32.3 Å². The summed E-state index contributed by atoms with van der Waals surface area (Å²) in [5.41, 5.74) is 1.03. The van der Waals surface area contributed by atoms with Crippen LogP contribution in [0, 0.1) is 0 Å². The van der Waals surface area contributed by atoms with E-state index >= 15 is 0 Å². The molecule has 106 valence electrons. The number of unbranched alkanes of at least 4 members (excludes halogenated alkanes) is 3. The molecule has 0 radical (unpaired) electrons. The van der Waals surface area contributed by atoms with Gasteiger partial charge in [-0.25, -0.2) is 4.79 Å².